The molecule has 18 heavy (non-hydrogen) atoms. The normalized spacial score (nSPS) is 18.8. The molecule has 1 aliphatic heterocycles. The fourth-order valence-corrected chi connectivity index (χ4v) is 3.02. The Kier molecular flexibility index (Phi) is 3.98. The zero-order chi connectivity index (χ0) is 13.1. The van der Waals surface area contributed by atoms with Gasteiger partial charge in [0.15, 0.2) is 0 Å². The highest BCUT2D eigenvalue weighted by molar-refractivity contribution is 8.23. The van der Waals surface area contributed by atoms with Gasteiger partial charge in [-0.05, 0) is 12.1 Å². The van der Waals surface area contributed by atoms with Crippen molar-refractivity contribution in [3.05, 3.63) is 35.9 Å². The van der Waals surface area contributed by atoms with E-state index in [0.29, 0.717) is 15.6 Å². The summed E-state index contributed by atoms with van der Waals surface area (Å²) >= 11 is 6.44. The summed E-state index contributed by atoms with van der Waals surface area (Å²) in [6, 6.07) is 8.13. The van der Waals surface area contributed by atoms with Crippen LogP contribution in [0.25, 0.3) is 0 Å². The Balaban J connectivity index is 2.27. The molecule has 1 aromatic rings. The van der Waals surface area contributed by atoms with Crippen LogP contribution < -0.4 is 0 Å². The molecule has 0 bridgehead atoms. The maximum atomic E-state index is 12.3. The van der Waals surface area contributed by atoms with Crippen molar-refractivity contribution in [2.24, 2.45) is 0 Å². The van der Waals surface area contributed by atoms with Crippen molar-refractivity contribution in [1.29, 1.82) is 0 Å². The standard InChI is InChI=1S/C12H11NO3S2/c1-16-11(15)9-7-18-12(17)13(9)10(14)8-5-3-2-4-6-8/h2-6,9H,7H2,1H3. The van der Waals surface area contributed by atoms with Crippen LogP contribution in [0.3, 0.4) is 0 Å². The number of thioether (sulfide) groups is 1. The third-order valence-electron chi connectivity index (χ3n) is 2.59. The Morgan fingerprint density at radius 2 is 2.06 bits per heavy atom. The number of carbonyl (C=O) groups is 2. The molecule has 1 saturated heterocycles. The number of methoxy groups -OCH3 is 1. The number of esters is 1. The highest BCUT2D eigenvalue weighted by atomic mass is 32.2. The van der Waals surface area contributed by atoms with E-state index < -0.39 is 12.0 Å². The Morgan fingerprint density at radius 3 is 2.67 bits per heavy atom. The van der Waals surface area contributed by atoms with Gasteiger partial charge in [-0.3, -0.25) is 9.69 Å². The Morgan fingerprint density at radius 1 is 1.39 bits per heavy atom. The Labute approximate surface area is 114 Å². The fraction of sp³-hybridized carbons (Fsp3) is 0.250. The molecule has 1 fully saturated rings. The minimum Gasteiger partial charge on any atom is -0.467 e. The van der Waals surface area contributed by atoms with Crippen LogP contribution in [-0.2, 0) is 9.53 Å². The molecular weight excluding hydrogens is 270 g/mol. The van der Waals surface area contributed by atoms with Gasteiger partial charge in [-0.25, -0.2) is 4.79 Å². The average Bonchev–Trinajstić information content (AvgIpc) is 2.80. The van der Waals surface area contributed by atoms with Gasteiger partial charge in [0.1, 0.15) is 10.4 Å². The summed E-state index contributed by atoms with van der Waals surface area (Å²) in [5, 5.41) is 0. The summed E-state index contributed by atoms with van der Waals surface area (Å²) in [6.45, 7) is 0. The summed E-state index contributed by atoms with van der Waals surface area (Å²) in [6.07, 6.45) is 0. The smallest absolute Gasteiger partial charge is 0.329 e. The monoisotopic (exact) mass is 281 g/mol. The quantitative estimate of drug-likeness (QED) is 0.610. The molecule has 0 saturated carbocycles. The van der Waals surface area contributed by atoms with Crippen LogP contribution in [0.1, 0.15) is 10.4 Å². The summed E-state index contributed by atoms with van der Waals surface area (Å²) in [7, 11) is 1.31. The molecule has 6 heteroatoms. The van der Waals surface area contributed by atoms with Crippen LogP contribution in [0.4, 0.5) is 0 Å². The predicted molar refractivity (Wildman–Crippen MR) is 73.5 cm³/mol. The van der Waals surface area contributed by atoms with E-state index in [1.807, 2.05) is 6.07 Å². The first-order chi connectivity index (χ1) is 8.65. The molecule has 1 heterocycles. The van der Waals surface area contributed by atoms with E-state index in [-0.39, 0.29) is 5.91 Å². The second-order valence-electron chi connectivity index (χ2n) is 3.66. The van der Waals surface area contributed by atoms with Crippen molar-refractivity contribution in [1.82, 2.24) is 4.90 Å². The molecule has 1 atom stereocenters. The van der Waals surface area contributed by atoms with E-state index in [1.165, 1.54) is 23.8 Å². The molecule has 1 unspecified atom stereocenters. The second-order valence-corrected chi connectivity index (χ2v) is 5.31. The number of thiocarbonyl (C=S) groups is 1. The average molecular weight is 281 g/mol. The van der Waals surface area contributed by atoms with Crippen molar-refractivity contribution in [3.8, 4) is 0 Å². The molecule has 2 rings (SSSR count). The van der Waals surface area contributed by atoms with Gasteiger partial charge in [0.25, 0.3) is 5.91 Å². The molecule has 0 aromatic heterocycles. The lowest BCUT2D eigenvalue weighted by Crippen LogP contribution is -2.44. The highest BCUT2D eigenvalue weighted by Gasteiger charge is 2.39. The lowest BCUT2D eigenvalue weighted by molar-refractivity contribution is -0.143. The van der Waals surface area contributed by atoms with E-state index in [2.05, 4.69) is 0 Å². The molecule has 0 spiro atoms. The zero-order valence-electron chi connectivity index (χ0n) is 9.66. The number of nitrogens with zero attached hydrogens (tertiary/aromatic N) is 1. The molecule has 1 aromatic carbocycles. The summed E-state index contributed by atoms with van der Waals surface area (Å²) in [5.74, 6) is -0.253. The molecule has 1 aliphatic rings. The Hall–Kier alpha value is -1.40. The van der Waals surface area contributed by atoms with Gasteiger partial charge >= 0.3 is 5.97 Å². The molecular formula is C12H11NO3S2. The summed E-state index contributed by atoms with van der Waals surface area (Å²) < 4.78 is 5.11. The first-order valence-corrected chi connectivity index (χ1v) is 6.67. The first-order valence-electron chi connectivity index (χ1n) is 5.28. The van der Waals surface area contributed by atoms with Crippen LogP contribution in [0, 0.1) is 0 Å². The molecule has 0 aliphatic carbocycles. The van der Waals surface area contributed by atoms with Crippen molar-refractivity contribution in [2.75, 3.05) is 12.9 Å². The van der Waals surface area contributed by atoms with Crippen LogP contribution >= 0.6 is 24.0 Å². The van der Waals surface area contributed by atoms with E-state index in [9.17, 15) is 9.59 Å². The topological polar surface area (TPSA) is 46.6 Å². The van der Waals surface area contributed by atoms with Gasteiger partial charge in [-0.1, -0.05) is 42.2 Å². The third-order valence-corrected chi connectivity index (χ3v) is 4.06. The zero-order valence-corrected chi connectivity index (χ0v) is 11.3. The van der Waals surface area contributed by atoms with Crippen molar-refractivity contribution < 1.29 is 14.3 Å². The van der Waals surface area contributed by atoms with Crippen molar-refractivity contribution in [2.45, 2.75) is 6.04 Å². The number of rotatable bonds is 2. The minimum absolute atomic E-state index is 0.263. The van der Waals surface area contributed by atoms with Crippen molar-refractivity contribution >= 4 is 40.2 Å². The van der Waals surface area contributed by atoms with Gasteiger partial charge < -0.3 is 4.74 Å². The van der Waals surface area contributed by atoms with E-state index in [4.69, 9.17) is 17.0 Å². The SMILES string of the molecule is COC(=O)C1CSC(=S)N1C(=O)c1ccccc1. The maximum absolute atomic E-state index is 12.3. The predicted octanol–water partition coefficient (Wildman–Crippen LogP) is 1.70. The number of hydrogen-bond donors (Lipinski definition) is 0. The maximum Gasteiger partial charge on any atom is 0.329 e. The second kappa shape index (κ2) is 5.49. The van der Waals surface area contributed by atoms with E-state index in [1.54, 1.807) is 24.3 Å². The van der Waals surface area contributed by atoms with Crippen LogP contribution in [0.15, 0.2) is 30.3 Å². The lowest BCUT2D eigenvalue weighted by Gasteiger charge is -2.21. The summed E-state index contributed by atoms with van der Waals surface area (Å²) in [4.78, 5) is 25.3. The third kappa shape index (κ3) is 2.39. The van der Waals surface area contributed by atoms with Gasteiger partial charge in [0.2, 0.25) is 0 Å². The fourth-order valence-electron chi connectivity index (χ4n) is 1.68. The van der Waals surface area contributed by atoms with Gasteiger partial charge in [-0.2, -0.15) is 0 Å². The summed E-state index contributed by atoms with van der Waals surface area (Å²) in [5.41, 5.74) is 0.510. The number of benzene rings is 1. The minimum atomic E-state index is -0.625. The van der Waals surface area contributed by atoms with Crippen LogP contribution in [0.5, 0.6) is 0 Å². The Bertz CT molecular complexity index is 489. The molecule has 0 radical (unpaired) electrons. The lowest BCUT2D eigenvalue weighted by atomic mass is 10.2. The molecule has 4 nitrogen and oxygen atoms in total. The number of hydrogen-bond acceptors (Lipinski definition) is 5. The number of ether oxygens (including phenoxy) is 1. The van der Waals surface area contributed by atoms with E-state index >= 15 is 0 Å². The van der Waals surface area contributed by atoms with Crippen LogP contribution in [-0.4, -0.2) is 40.0 Å². The van der Waals surface area contributed by atoms with Crippen LogP contribution in [0.2, 0.25) is 0 Å². The molecule has 0 N–H and O–H groups in total. The molecule has 94 valence electrons. The van der Waals surface area contributed by atoms with Crippen molar-refractivity contribution in [3.63, 3.8) is 0 Å². The van der Waals surface area contributed by atoms with Gasteiger partial charge in [0, 0.05) is 11.3 Å². The number of amides is 1. The largest absolute Gasteiger partial charge is 0.467 e. The van der Waals surface area contributed by atoms with Gasteiger partial charge in [0.05, 0.1) is 7.11 Å². The number of carbonyl (C=O) groups excluding carboxylic acids is 2. The van der Waals surface area contributed by atoms with Gasteiger partial charge in [-0.15, -0.1) is 0 Å². The first kappa shape index (κ1) is 13.0. The highest BCUT2D eigenvalue weighted by Crippen LogP contribution is 2.26. The molecule has 1 amide bonds. The van der Waals surface area contributed by atoms with E-state index in [0.717, 1.165) is 0 Å².